The van der Waals surface area contributed by atoms with E-state index in [2.05, 4.69) is 53.5 Å². The number of rotatable bonds is 0. The summed E-state index contributed by atoms with van der Waals surface area (Å²) in [5.74, 6) is 0. The van der Waals surface area contributed by atoms with E-state index in [4.69, 9.17) is 4.42 Å². The van der Waals surface area contributed by atoms with E-state index in [9.17, 15) is 0 Å². The molecule has 0 bridgehead atoms. The molecule has 22 heavy (non-hydrogen) atoms. The van der Waals surface area contributed by atoms with Gasteiger partial charge < -0.3 is 4.42 Å². The van der Waals surface area contributed by atoms with E-state index in [1.165, 1.54) is 28.3 Å². The third-order valence-electron chi connectivity index (χ3n) is 3.90. The molecule has 1 aliphatic rings. The number of benzene rings is 3. The van der Waals surface area contributed by atoms with Crippen molar-refractivity contribution in [2.45, 2.75) is 6.42 Å². The second-order valence-corrected chi connectivity index (χ2v) is 5.29. The van der Waals surface area contributed by atoms with Gasteiger partial charge >= 0.3 is 0 Å². The van der Waals surface area contributed by atoms with Crippen LogP contribution in [0.15, 0.2) is 77.6 Å². The quantitative estimate of drug-likeness (QED) is 0.442. The summed E-state index contributed by atoms with van der Waals surface area (Å²) < 4.78 is 5.01. The first-order valence-corrected chi connectivity index (χ1v) is 7.37. The lowest BCUT2D eigenvalue weighted by Gasteiger charge is -2.11. The molecule has 4 aromatic rings. The van der Waals surface area contributed by atoms with Crippen LogP contribution in [0.1, 0.15) is 11.1 Å². The molecule has 0 radical (unpaired) electrons. The standard InChI is InChI=1S/C13H10.C7H5NO/c1-4-10-6-2-8-12-9-3-7-11(5-1)13(10)12;1-2-4-7-6(3-1)8-5-9-7/h1-8H,9H2;1-5H. The normalized spacial score (nSPS) is 12.2. The van der Waals surface area contributed by atoms with Crippen molar-refractivity contribution in [3.63, 3.8) is 0 Å². The first-order valence-electron chi connectivity index (χ1n) is 7.37. The molecule has 0 aliphatic heterocycles. The molecule has 0 amide bonds. The summed E-state index contributed by atoms with van der Waals surface area (Å²) in [6.45, 7) is 0. The third kappa shape index (κ3) is 2.29. The van der Waals surface area contributed by atoms with E-state index < -0.39 is 0 Å². The molecule has 2 heteroatoms. The maximum atomic E-state index is 5.01. The smallest absolute Gasteiger partial charge is 0.181 e. The molecular formula is C20H15NO. The molecule has 0 atom stereocenters. The van der Waals surface area contributed by atoms with E-state index in [0.29, 0.717) is 0 Å². The van der Waals surface area contributed by atoms with Crippen LogP contribution in [-0.4, -0.2) is 4.98 Å². The van der Waals surface area contributed by atoms with Gasteiger partial charge in [-0.15, -0.1) is 0 Å². The predicted octanol–water partition coefficient (Wildman–Crippen LogP) is 5.24. The molecule has 0 fully saturated rings. The highest BCUT2D eigenvalue weighted by Crippen LogP contribution is 2.27. The summed E-state index contributed by atoms with van der Waals surface area (Å²) in [6, 6.07) is 20.7. The van der Waals surface area contributed by atoms with Crippen molar-refractivity contribution in [2.75, 3.05) is 0 Å². The topological polar surface area (TPSA) is 26.0 Å². The maximum absolute atomic E-state index is 5.01. The molecule has 0 spiro atoms. The molecule has 3 aromatic carbocycles. The van der Waals surface area contributed by atoms with Gasteiger partial charge in [-0.05, 0) is 40.5 Å². The number of nitrogens with zero attached hydrogens (tertiary/aromatic N) is 1. The van der Waals surface area contributed by atoms with Gasteiger partial charge in [0.2, 0.25) is 0 Å². The van der Waals surface area contributed by atoms with Crippen LogP contribution in [0, 0.1) is 0 Å². The summed E-state index contributed by atoms with van der Waals surface area (Å²) >= 11 is 0. The average Bonchev–Trinajstić information content (AvgIpc) is 3.05. The highest BCUT2D eigenvalue weighted by molar-refractivity contribution is 5.94. The van der Waals surface area contributed by atoms with Crippen LogP contribution < -0.4 is 0 Å². The predicted molar refractivity (Wildman–Crippen MR) is 90.7 cm³/mol. The summed E-state index contributed by atoms with van der Waals surface area (Å²) in [5.41, 5.74) is 4.57. The first kappa shape index (κ1) is 12.8. The Bertz CT molecular complexity index is 930. The molecular weight excluding hydrogens is 270 g/mol. The van der Waals surface area contributed by atoms with Gasteiger partial charge in [0.25, 0.3) is 0 Å². The van der Waals surface area contributed by atoms with Crippen molar-refractivity contribution in [2.24, 2.45) is 0 Å². The second-order valence-electron chi connectivity index (χ2n) is 5.29. The average molecular weight is 285 g/mol. The zero-order valence-electron chi connectivity index (χ0n) is 12.1. The van der Waals surface area contributed by atoms with Gasteiger partial charge in [-0.2, -0.15) is 0 Å². The summed E-state index contributed by atoms with van der Waals surface area (Å²) in [5, 5.41) is 2.80. The zero-order chi connectivity index (χ0) is 14.8. The summed E-state index contributed by atoms with van der Waals surface area (Å²) in [6.07, 6.45) is 6.98. The molecule has 5 rings (SSSR count). The number of fused-ring (bicyclic) bond motifs is 1. The minimum absolute atomic E-state index is 0.845. The van der Waals surface area contributed by atoms with Gasteiger partial charge in [0, 0.05) is 0 Å². The summed E-state index contributed by atoms with van der Waals surface area (Å²) in [7, 11) is 0. The van der Waals surface area contributed by atoms with E-state index in [0.717, 1.165) is 17.5 Å². The van der Waals surface area contributed by atoms with Gasteiger partial charge in [-0.1, -0.05) is 60.7 Å². The summed E-state index contributed by atoms with van der Waals surface area (Å²) in [4.78, 5) is 3.95. The van der Waals surface area contributed by atoms with Gasteiger partial charge in [0.05, 0.1) is 0 Å². The number of hydrogen-bond acceptors (Lipinski definition) is 2. The van der Waals surface area contributed by atoms with Crippen LogP contribution in [0.3, 0.4) is 0 Å². The number of oxazole rings is 1. The number of aromatic nitrogens is 1. The van der Waals surface area contributed by atoms with Crippen LogP contribution in [0.4, 0.5) is 0 Å². The largest absolute Gasteiger partial charge is 0.443 e. The lowest BCUT2D eigenvalue weighted by atomic mass is 9.93. The number of hydrogen-bond donors (Lipinski definition) is 0. The Balaban J connectivity index is 0.000000122. The lowest BCUT2D eigenvalue weighted by Crippen LogP contribution is -1.91. The van der Waals surface area contributed by atoms with Crippen LogP contribution in [0.25, 0.3) is 27.9 Å². The van der Waals surface area contributed by atoms with Crippen molar-refractivity contribution in [1.82, 2.24) is 4.98 Å². The zero-order valence-corrected chi connectivity index (χ0v) is 12.1. The first-order chi connectivity index (χ1) is 10.9. The van der Waals surface area contributed by atoms with Gasteiger partial charge in [-0.25, -0.2) is 4.98 Å². The molecule has 2 nitrogen and oxygen atoms in total. The molecule has 0 saturated heterocycles. The molecule has 0 N–H and O–H groups in total. The highest BCUT2D eigenvalue weighted by atomic mass is 16.3. The second kappa shape index (κ2) is 5.49. The van der Waals surface area contributed by atoms with Crippen LogP contribution in [0.2, 0.25) is 0 Å². The van der Waals surface area contributed by atoms with Gasteiger partial charge in [-0.3, -0.25) is 0 Å². The van der Waals surface area contributed by atoms with Crippen LogP contribution in [0.5, 0.6) is 0 Å². The van der Waals surface area contributed by atoms with E-state index in [1.807, 2.05) is 24.3 Å². The Hall–Kier alpha value is -2.87. The highest BCUT2D eigenvalue weighted by Gasteiger charge is 2.06. The molecule has 1 heterocycles. The third-order valence-corrected chi connectivity index (χ3v) is 3.90. The van der Waals surface area contributed by atoms with Crippen LogP contribution in [-0.2, 0) is 6.42 Å². The minimum Gasteiger partial charge on any atom is -0.443 e. The minimum atomic E-state index is 0.845. The fourth-order valence-electron chi connectivity index (χ4n) is 2.87. The Kier molecular flexibility index (Phi) is 3.20. The molecule has 0 unspecified atom stereocenters. The Morgan fingerprint density at radius 3 is 2.64 bits per heavy atom. The molecule has 0 saturated carbocycles. The van der Waals surface area contributed by atoms with Gasteiger partial charge in [0.1, 0.15) is 5.52 Å². The van der Waals surface area contributed by atoms with Crippen molar-refractivity contribution in [3.05, 3.63) is 84.3 Å². The van der Waals surface area contributed by atoms with E-state index >= 15 is 0 Å². The lowest BCUT2D eigenvalue weighted by molar-refractivity contribution is 0.602. The molecule has 106 valence electrons. The maximum Gasteiger partial charge on any atom is 0.181 e. The Labute approximate surface area is 128 Å². The number of para-hydroxylation sites is 2. The fourth-order valence-corrected chi connectivity index (χ4v) is 2.87. The molecule has 1 aromatic heterocycles. The monoisotopic (exact) mass is 285 g/mol. The molecule has 1 aliphatic carbocycles. The van der Waals surface area contributed by atoms with Crippen LogP contribution >= 0.6 is 0 Å². The fraction of sp³-hybridized carbons (Fsp3) is 0.0500. The SMILES string of the molecule is C1=Cc2cccc3cccc(c23)C1.c1ccc2ocnc2c1. The van der Waals surface area contributed by atoms with E-state index in [-0.39, 0.29) is 0 Å². The van der Waals surface area contributed by atoms with Crippen molar-refractivity contribution >= 4 is 27.9 Å². The van der Waals surface area contributed by atoms with E-state index in [1.54, 1.807) is 0 Å². The Morgan fingerprint density at radius 1 is 0.864 bits per heavy atom. The van der Waals surface area contributed by atoms with Crippen molar-refractivity contribution in [3.8, 4) is 0 Å². The van der Waals surface area contributed by atoms with Crippen molar-refractivity contribution in [1.29, 1.82) is 0 Å². The Morgan fingerprint density at radius 2 is 1.73 bits per heavy atom. The van der Waals surface area contributed by atoms with Gasteiger partial charge in [0.15, 0.2) is 12.0 Å². The van der Waals surface area contributed by atoms with Crippen molar-refractivity contribution < 1.29 is 4.42 Å². The number of allylic oxidation sites excluding steroid dienone is 1.